The number of hydrogen-bond donors (Lipinski definition) is 1. The Morgan fingerprint density at radius 1 is 1.38 bits per heavy atom. The Kier molecular flexibility index (Phi) is 4.76. The van der Waals surface area contributed by atoms with E-state index in [1.807, 2.05) is 23.1 Å². The van der Waals surface area contributed by atoms with E-state index in [9.17, 15) is 9.59 Å². The van der Waals surface area contributed by atoms with Gasteiger partial charge in [0.25, 0.3) is 5.91 Å². The first kappa shape index (κ1) is 17.2. The summed E-state index contributed by atoms with van der Waals surface area (Å²) in [6.07, 6.45) is 4.40. The molecule has 0 aromatic carbocycles. The van der Waals surface area contributed by atoms with Crippen LogP contribution in [0.15, 0.2) is 11.4 Å². The van der Waals surface area contributed by atoms with Gasteiger partial charge in [-0.1, -0.05) is 6.92 Å². The molecule has 4 rings (SSSR count). The number of rotatable bonds is 4. The number of aromatic nitrogens is 3. The lowest BCUT2D eigenvalue weighted by atomic mass is 10.1. The molecule has 7 nitrogen and oxygen atoms in total. The minimum Gasteiger partial charge on any atom is -0.345 e. The molecule has 0 unspecified atom stereocenters. The van der Waals surface area contributed by atoms with Gasteiger partial charge in [0, 0.05) is 24.4 Å². The van der Waals surface area contributed by atoms with Gasteiger partial charge >= 0.3 is 0 Å². The zero-order valence-corrected chi connectivity index (χ0v) is 15.7. The molecular weight excluding hydrogens is 350 g/mol. The van der Waals surface area contributed by atoms with Gasteiger partial charge in [-0.25, -0.2) is 9.67 Å². The quantitative estimate of drug-likeness (QED) is 0.888. The van der Waals surface area contributed by atoms with E-state index >= 15 is 0 Å². The Balaban J connectivity index is 1.43. The topological polar surface area (TPSA) is 80.1 Å². The molecular formula is C18H23N5O2S. The predicted molar refractivity (Wildman–Crippen MR) is 98.1 cm³/mol. The van der Waals surface area contributed by atoms with Gasteiger partial charge in [0.15, 0.2) is 5.82 Å². The van der Waals surface area contributed by atoms with Crippen LogP contribution in [0, 0.1) is 0 Å². The maximum Gasteiger partial charge on any atom is 0.255 e. The summed E-state index contributed by atoms with van der Waals surface area (Å²) < 4.78 is 1.90. The molecule has 0 radical (unpaired) electrons. The summed E-state index contributed by atoms with van der Waals surface area (Å²) in [7, 11) is 0. The first-order chi connectivity index (χ1) is 12.7. The molecule has 1 atom stereocenters. The lowest BCUT2D eigenvalue weighted by molar-refractivity contribution is -0.122. The average molecular weight is 373 g/mol. The van der Waals surface area contributed by atoms with Crippen LogP contribution in [0.1, 0.15) is 59.1 Å². The summed E-state index contributed by atoms with van der Waals surface area (Å²) in [5, 5.41) is 9.49. The number of thiophene rings is 1. The summed E-state index contributed by atoms with van der Waals surface area (Å²) in [6.45, 7) is 3.59. The number of carbonyl (C=O) groups excluding carboxylic acids is 2. The number of nitrogens with one attached hydrogen (secondary N) is 1. The van der Waals surface area contributed by atoms with Crippen LogP contribution in [0.5, 0.6) is 0 Å². The molecule has 2 aromatic rings. The van der Waals surface area contributed by atoms with E-state index in [1.165, 1.54) is 0 Å². The fourth-order valence-electron chi connectivity index (χ4n) is 3.68. The smallest absolute Gasteiger partial charge is 0.255 e. The van der Waals surface area contributed by atoms with Crippen LogP contribution in [-0.4, -0.2) is 44.6 Å². The normalized spacial score (nSPS) is 19.7. The molecule has 0 spiro atoms. The third kappa shape index (κ3) is 3.25. The molecule has 2 aromatic heterocycles. The Morgan fingerprint density at radius 3 is 3.12 bits per heavy atom. The second-order valence-electron chi connectivity index (χ2n) is 6.81. The van der Waals surface area contributed by atoms with Crippen molar-refractivity contribution >= 4 is 23.2 Å². The van der Waals surface area contributed by atoms with Crippen molar-refractivity contribution in [2.45, 2.75) is 51.6 Å². The number of fused-ring (bicyclic) bond motifs is 2. The Labute approximate surface area is 156 Å². The molecule has 0 saturated heterocycles. The maximum absolute atomic E-state index is 12.7. The van der Waals surface area contributed by atoms with Gasteiger partial charge in [0.1, 0.15) is 5.82 Å². The number of aryl methyl sites for hydroxylation is 3. The lowest BCUT2D eigenvalue weighted by Crippen LogP contribution is -2.43. The molecule has 2 aliphatic rings. The summed E-state index contributed by atoms with van der Waals surface area (Å²) >= 11 is 1.62. The van der Waals surface area contributed by atoms with E-state index in [2.05, 4.69) is 15.4 Å². The van der Waals surface area contributed by atoms with Crippen LogP contribution < -0.4 is 5.32 Å². The first-order valence-corrected chi connectivity index (χ1v) is 10.1. The Hall–Kier alpha value is -2.22. The van der Waals surface area contributed by atoms with E-state index in [4.69, 9.17) is 0 Å². The monoisotopic (exact) mass is 373 g/mol. The molecule has 26 heavy (non-hydrogen) atoms. The standard InChI is InChI=1S/C18H23N5O2S/c1-2-15-20-17-13(5-3-9-23(17)21-15)19-16(24)11-22-8-4-6-14-12(18(22)25)7-10-26-14/h7,10,13H,2-6,8-9,11H2,1H3,(H,19,24)/t13-/m0/s1. The van der Waals surface area contributed by atoms with Crippen molar-refractivity contribution in [1.82, 2.24) is 25.0 Å². The highest BCUT2D eigenvalue weighted by Crippen LogP contribution is 2.25. The molecule has 0 aliphatic carbocycles. The van der Waals surface area contributed by atoms with Gasteiger partial charge < -0.3 is 10.2 Å². The van der Waals surface area contributed by atoms with E-state index < -0.39 is 0 Å². The van der Waals surface area contributed by atoms with Crippen molar-refractivity contribution in [3.63, 3.8) is 0 Å². The zero-order chi connectivity index (χ0) is 18.1. The average Bonchev–Trinajstić information content (AvgIpc) is 3.24. The van der Waals surface area contributed by atoms with Crippen LogP contribution in [0.25, 0.3) is 0 Å². The molecule has 2 amide bonds. The van der Waals surface area contributed by atoms with Crippen LogP contribution in [0.4, 0.5) is 0 Å². The van der Waals surface area contributed by atoms with Crippen molar-refractivity contribution < 1.29 is 9.59 Å². The SMILES string of the molecule is CCc1nc2n(n1)CCC[C@@H]2NC(=O)CN1CCCc2sccc2C1=O. The second-order valence-corrected chi connectivity index (χ2v) is 7.81. The van der Waals surface area contributed by atoms with Gasteiger partial charge in [-0.3, -0.25) is 9.59 Å². The molecule has 0 fully saturated rings. The van der Waals surface area contributed by atoms with E-state index in [0.717, 1.165) is 60.7 Å². The van der Waals surface area contributed by atoms with Crippen molar-refractivity contribution in [2.75, 3.05) is 13.1 Å². The summed E-state index contributed by atoms with van der Waals surface area (Å²) in [6, 6.07) is 1.75. The fourth-order valence-corrected chi connectivity index (χ4v) is 4.59. The third-order valence-corrected chi connectivity index (χ3v) is 5.98. The second kappa shape index (κ2) is 7.19. The van der Waals surface area contributed by atoms with Crippen LogP contribution >= 0.6 is 11.3 Å². The molecule has 0 bridgehead atoms. The minimum atomic E-state index is -0.128. The highest BCUT2D eigenvalue weighted by molar-refractivity contribution is 7.10. The minimum absolute atomic E-state index is 0.0334. The van der Waals surface area contributed by atoms with Gasteiger partial charge in [0.2, 0.25) is 5.91 Å². The fraction of sp³-hybridized carbons (Fsp3) is 0.556. The predicted octanol–water partition coefficient (Wildman–Crippen LogP) is 1.94. The number of amides is 2. The molecule has 0 saturated carbocycles. The highest BCUT2D eigenvalue weighted by Gasteiger charge is 2.28. The lowest BCUT2D eigenvalue weighted by Gasteiger charge is -2.25. The Morgan fingerprint density at radius 2 is 2.27 bits per heavy atom. The summed E-state index contributed by atoms with van der Waals surface area (Å²) in [4.78, 5) is 32.7. The van der Waals surface area contributed by atoms with Crippen LogP contribution in [0.3, 0.4) is 0 Å². The van der Waals surface area contributed by atoms with E-state index in [-0.39, 0.29) is 24.4 Å². The van der Waals surface area contributed by atoms with Crippen molar-refractivity contribution in [2.24, 2.45) is 0 Å². The maximum atomic E-state index is 12.7. The van der Waals surface area contributed by atoms with Gasteiger partial charge in [-0.2, -0.15) is 5.10 Å². The van der Waals surface area contributed by atoms with Crippen LogP contribution in [0.2, 0.25) is 0 Å². The molecule has 2 aliphatic heterocycles. The van der Waals surface area contributed by atoms with E-state index in [1.54, 1.807) is 16.2 Å². The zero-order valence-electron chi connectivity index (χ0n) is 14.9. The van der Waals surface area contributed by atoms with Crippen LogP contribution in [-0.2, 0) is 24.2 Å². The van der Waals surface area contributed by atoms with Gasteiger partial charge in [0.05, 0.1) is 18.2 Å². The number of carbonyl (C=O) groups is 2. The first-order valence-electron chi connectivity index (χ1n) is 9.24. The Bertz CT molecular complexity index is 827. The van der Waals surface area contributed by atoms with Crippen molar-refractivity contribution in [3.05, 3.63) is 33.5 Å². The van der Waals surface area contributed by atoms with Crippen molar-refractivity contribution in [1.29, 1.82) is 0 Å². The molecule has 1 N–H and O–H groups in total. The van der Waals surface area contributed by atoms with E-state index in [0.29, 0.717) is 6.54 Å². The highest BCUT2D eigenvalue weighted by atomic mass is 32.1. The third-order valence-electron chi connectivity index (χ3n) is 5.00. The van der Waals surface area contributed by atoms with Gasteiger partial charge in [-0.05, 0) is 37.1 Å². The summed E-state index contributed by atoms with van der Waals surface area (Å²) in [5.41, 5.74) is 0.755. The molecule has 8 heteroatoms. The summed E-state index contributed by atoms with van der Waals surface area (Å²) in [5.74, 6) is 1.49. The molecule has 138 valence electrons. The molecule has 4 heterocycles. The van der Waals surface area contributed by atoms with Gasteiger partial charge in [-0.15, -0.1) is 11.3 Å². The number of hydrogen-bond acceptors (Lipinski definition) is 5. The van der Waals surface area contributed by atoms with Crippen molar-refractivity contribution in [3.8, 4) is 0 Å². The largest absolute Gasteiger partial charge is 0.345 e. The number of nitrogens with zero attached hydrogens (tertiary/aromatic N) is 4.